The molecule has 2 aromatic heterocycles. The largest absolute Gasteiger partial charge is 0.502 e. The second-order valence-electron chi connectivity index (χ2n) is 6.00. The lowest BCUT2D eigenvalue weighted by molar-refractivity contribution is -0.385. The first-order chi connectivity index (χ1) is 14.5. The van der Waals surface area contributed by atoms with E-state index in [0.717, 1.165) is 11.8 Å². The average molecular weight is 441 g/mol. The number of phenolic OH excluding ortho intramolecular Hbond substituents is 1. The van der Waals surface area contributed by atoms with Gasteiger partial charge in [0.2, 0.25) is 10.6 Å². The molecule has 150 valence electrons. The molecule has 8 nitrogen and oxygen atoms in total. The van der Waals surface area contributed by atoms with Gasteiger partial charge in [0.15, 0.2) is 5.76 Å². The highest BCUT2D eigenvalue weighted by Crippen LogP contribution is 2.32. The number of benzene rings is 2. The standard InChI is InChI=1S/C20H13ClN4O4S/c21-14-9-13(19(26)16(10-14)25(27)28)11-22-24-17(18-7-4-8-29-18)12-30-20(24)23-15-5-2-1-3-6-15/h1-12,26H. The molecule has 0 saturated heterocycles. The van der Waals surface area contributed by atoms with Gasteiger partial charge in [0.05, 0.1) is 23.1 Å². The summed E-state index contributed by atoms with van der Waals surface area (Å²) in [6, 6.07) is 15.3. The molecular formula is C20H13ClN4O4S. The van der Waals surface area contributed by atoms with Crippen molar-refractivity contribution in [1.29, 1.82) is 0 Å². The maximum absolute atomic E-state index is 11.1. The number of nitro groups is 1. The van der Waals surface area contributed by atoms with Crippen molar-refractivity contribution in [3.63, 3.8) is 0 Å². The lowest BCUT2D eigenvalue weighted by Crippen LogP contribution is -2.11. The first kappa shape index (κ1) is 19.6. The number of halogens is 1. The Labute approximate surface area is 178 Å². The van der Waals surface area contributed by atoms with E-state index >= 15 is 0 Å². The van der Waals surface area contributed by atoms with Gasteiger partial charge >= 0.3 is 5.69 Å². The summed E-state index contributed by atoms with van der Waals surface area (Å²) in [5.74, 6) is 0.0456. The number of para-hydroxylation sites is 1. The number of thiazole rings is 1. The van der Waals surface area contributed by atoms with Crippen LogP contribution in [0.2, 0.25) is 5.02 Å². The summed E-state index contributed by atoms with van der Waals surface area (Å²) in [5.41, 5.74) is 0.964. The maximum Gasteiger partial charge on any atom is 0.312 e. The zero-order valence-electron chi connectivity index (χ0n) is 15.2. The van der Waals surface area contributed by atoms with Crippen LogP contribution < -0.4 is 4.80 Å². The number of hydrogen-bond acceptors (Lipinski definition) is 7. The topological polar surface area (TPSA) is 106 Å². The third kappa shape index (κ3) is 4.02. The normalized spacial score (nSPS) is 12.0. The second-order valence-corrected chi connectivity index (χ2v) is 7.28. The summed E-state index contributed by atoms with van der Waals surface area (Å²) in [5, 5.41) is 27.7. The molecule has 0 unspecified atom stereocenters. The lowest BCUT2D eigenvalue weighted by atomic mass is 10.2. The van der Waals surface area contributed by atoms with Gasteiger partial charge in [-0.05, 0) is 30.3 Å². The van der Waals surface area contributed by atoms with Crippen molar-refractivity contribution in [2.24, 2.45) is 10.1 Å². The Morgan fingerprint density at radius 1 is 1.20 bits per heavy atom. The number of hydrogen-bond donors (Lipinski definition) is 1. The number of nitrogens with zero attached hydrogens (tertiary/aromatic N) is 4. The fraction of sp³-hybridized carbons (Fsp3) is 0. The fourth-order valence-electron chi connectivity index (χ4n) is 2.66. The molecule has 10 heteroatoms. The number of aromatic hydroxyl groups is 1. The number of phenols is 1. The Kier molecular flexibility index (Phi) is 5.46. The Morgan fingerprint density at radius 2 is 2.00 bits per heavy atom. The number of aromatic nitrogens is 1. The first-order valence-corrected chi connectivity index (χ1v) is 9.84. The van der Waals surface area contributed by atoms with Crippen LogP contribution in [0.1, 0.15) is 5.56 Å². The van der Waals surface area contributed by atoms with Gasteiger partial charge in [-0.15, -0.1) is 11.3 Å². The van der Waals surface area contributed by atoms with Crippen LogP contribution in [0.25, 0.3) is 11.5 Å². The van der Waals surface area contributed by atoms with Gasteiger partial charge in [0.1, 0.15) is 5.69 Å². The van der Waals surface area contributed by atoms with Gasteiger partial charge in [-0.2, -0.15) is 5.10 Å². The van der Waals surface area contributed by atoms with Crippen molar-refractivity contribution in [3.05, 3.63) is 91.7 Å². The van der Waals surface area contributed by atoms with Crippen LogP contribution in [-0.2, 0) is 0 Å². The quantitative estimate of drug-likeness (QED) is 0.262. The van der Waals surface area contributed by atoms with Gasteiger partial charge in [-0.1, -0.05) is 29.8 Å². The molecule has 4 rings (SSSR count). The molecule has 0 saturated carbocycles. The maximum atomic E-state index is 11.1. The van der Waals surface area contributed by atoms with Crippen molar-refractivity contribution >= 4 is 40.5 Å². The van der Waals surface area contributed by atoms with Crippen molar-refractivity contribution in [3.8, 4) is 17.2 Å². The second kappa shape index (κ2) is 8.36. The molecule has 0 amide bonds. The Bertz CT molecular complexity index is 1290. The third-order valence-corrected chi connectivity index (χ3v) is 5.07. The zero-order valence-corrected chi connectivity index (χ0v) is 16.7. The van der Waals surface area contributed by atoms with E-state index in [1.54, 1.807) is 18.4 Å². The minimum Gasteiger partial charge on any atom is -0.502 e. The number of rotatable bonds is 5. The molecule has 0 fully saturated rings. The molecule has 0 aliphatic carbocycles. The van der Waals surface area contributed by atoms with Gasteiger partial charge in [-0.3, -0.25) is 10.1 Å². The summed E-state index contributed by atoms with van der Waals surface area (Å²) in [7, 11) is 0. The van der Waals surface area contributed by atoms with E-state index in [1.165, 1.54) is 28.3 Å². The highest BCUT2D eigenvalue weighted by molar-refractivity contribution is 7.07. The highest BCUT2D eigenvalue weighted by Gasteiger charge is 2.18. The SMILES string of the molecule is O=[N+]([O-])c1cc(Cl)cc(C=Nn2c(-c3ccco3)csc2=Nc2ccccc2)c1O. The van der Waals surface area contributed by atoms with E-state index in [9.17, 15) is 15.2 Å². The van der Waals surface area contributed by atoms with Crippen LogP contribution in [0.5, 0.6) is 5.75 Å². The molecule has 0 aliphatic heterocycles. The van der Waals surface area contributed by atoms with E-state index in [1.807, 2.05) is 35.7 Å². The van der Waals surface area contributed by atoms with Crippen molar-refractivity contribution in [2.45, 2.75) is 0 Å². The molecule has 0 bridgehead atoms. The van der Waals surface area contributed by atoms with Crippen LogP contribution in [0.15, 0.2) is 80.8 Å². The minimum atomic E-state index is -0.708. The Morgan fingerprint density at radius 3 is 2.70 bits per heavy atom. The molecule has 0 radical (unpaired) electrons. The first-order valence-electron chi connectivity index (χ1n) is 8.58. The fourth-order valence-corrected chi connectivity index (χ4v) is 3.72. The van der Waals surface area contributed by atoms with E-state index in [-0.39, 0.29) is 10.6 Å². The summed E-state index contributed by atoms with van der Waals surface area (Å²) < 4.78 is 7.01. The monoisotopic (exact) mass is 440 g/mol. The van der Waals surface area contributed by atoms with Gasteiger partial charge < -0.3 is 9.52 Å². The number of furan rings is 1. The van der Waals surface area contributed by atoms with Crippen LogP contribution in [-0.4, -0.2) is 20.9 Å². The smallest absolute Gasteiger partial charge is 0.312 e. The molecule has 1 N–H and O–H groups in total. The predicted octanol–water partition coefficient (Wildman–Crippen LogP) is 5.19. The zero-order chi connectivity index (χ0) is 21.1. The molecule has 30 heavy (non-hydrogen) atoms. The summed E-state index contributed by atoms with van der Waals surface area (Å²) in [6.45, 7) is 0. The Balaban J connectivity index is 1.85. The van der Waals surface area contributed by atoms with Crippen LogP contribution in [0.4, 0.5) is 11.4 Å². The average Bonchev–Trinajstić information content (AvgIpc) is 3.39. The molecular weight excluding hydrogens is 428 g/mol. The van der Waals surface area contributed by atoms with Gasteiger partial charge in [0.25, 0.3) is 0 Å². The van der Waals surface area contributed by atoms with E-state index in [0.29, 0.717) is 16.3 Å². The minimum absolute atomic E-state index is 0.101. The van der Waals surface area contributed by atoms with E-state index in [4.69, 9.17) is 16.0 Å². The number of nitro benzene ring substituents is 1. The molecule has 0 spiro atoms. The Hall–Kier alpha value is -3.69. The van der Waals surface area contributed by atoms with Gasteiger partial charge in [0, 0.05) is 22.0 Å². The summed E-state index contributed by atoms with van der Waals surface area (Å²) in [6.07, 6.45) is 2.83. The molecule has 2 heterocycles. The van der Waals surface area contributed by atoms with Crippen LogP contribution in [0.3, 0.4) is 0 Å². The van der Waals surface area contributed by atoms with Crippen LogP contribution in [0, 0.1) is 10.1 Å². The molecule has 2 aromatic carbocycles. The molecule has 0 aliphatic rings. The van der Waals surface area contributed by atoms with E-state index < -0.39 is 16.4 Å². The summed E-state index contributed by atoms with van der Waals surface area (Å²) >= 11 is 7.31. The molecule has 0 atom stereocenters. The van der Waals surface area contributed by atoms with E-state index in [2.05, 4.69) is 10.1 Å². The molecule has 4 aromatic rings. The summed E-state index contributed by atoms with van der Waals surface area (Å²) in [4.78, 5) is 15.6. The van der Waals surface area contributed by atoms with Crippen molar-refractivity contribution in [2.75, 3.05) is 0 Å². The van der Waals surface area contributed by atoms with Crippen LogP contribution >= 0.6 is 22.9 Å². The predicted molar refractivity (Wildman–Crippen MR) is 114 cm³/mol. The highest BCUT2D eigenvalue weighted by atomic mass is 35.5. The lowest BCUT2D eigenvalue weighted by Gasteiger charge is -2.03. The third-order valence-electron chi connectivity index (χ3n) is 4.03. The van der Waals surface area contributed by atoms with Crippen molar-refractivity contribution in [1.82, 2.24) is 4.68 Å². The van der Waals surface area contributed by atoms with Gasteiger partial charge in [-0.25, -0.2) is 9.67 Å². The van der Waals surface area contributed by atoms with Crippen molar-refractivity contribution < 1.29 is 14.4 Å².